The number of hydrogen-bond acceptors (Lipinski definition) is 4. The van der Waals surface area contributed by atoms with E-state index in [0.29, 0.717) is 38.4 Å². The van der Waals surface area contributed by atoms with Gasteiger partial charge in [0.15, 0.2) is 0 Å². The molecule has 1 N–H and O–H groups in total. The molecule has 0 bridgehead atoms. The van der Waals surface area contributed by atoms with E-state index in [4.69, 9.17) is 0 Å². The summed E-state index contributed by atoms with van der Waals surface area (Å²) < 4.78 is 13.2. The van der Waals surface area contributed by atoms with Gasteiger partial charge in [0.25, 0.3) is 0 Å². The molecule has 2 aliphatic heterocycles. The number of pyridine rings is 1. The van der Waals surface area contributed by atoms with Crippen molar-refractivity contribution in [3.63, 3.8) is 0 Å². The topological polar surface area (TPSA) is 56.7 Å². The number of anilines is 1. The minimum atomic E-state index is -0.406. The van der Waals surface area contributed by atoms with E-state index in [0.717, 1.165) is 25.2 Å². The van der Waals surface area contributed by atoms with Crippen LogP contribution in [0.3, 0.4) is 0 Å². The van der Waals surface area contributed by atoms with E-state index in [9.17, 15) is 14.3 Å². The Hall–Kier alpha value is -1.69. The SMILES string of the molecule is O=C(CC1CCCC1)N1CCC[C@]2(C1)CN(c1ccc(F)cn1)CC[C@H]2O. The molecule has 0 radical (unpaired) electrons. The van der Waals surface area contributed by atoms with Crippen LogP contribution >= 0.6 is 0 Å². The first-order chi connectivity index (χ1) is 13.1. The van der Waals surface area contributed by atoms with Crippen LogP contribution in [0.5, 0.6) is 0 Å². The van der Waals surface area contributed by atoms with Gasteiger partial charge in [-0.2, -0.15) is 0 Å². The van der Waals surface area contributed by atoms with Gasteiger partial charge in [0.05, 0.1) is 12.3 Å². The van der Waals surface area contributed by atoms with Gasteiger partial charge in [-0.05, 0) is 50.2 Å². The summed E-state index contributed by atoms with van der Waals surface area (Å²) in [6.07, 6.45) is 8.85. The molecule has 1 aliphatic carbocycles. The molecule has 2 atom stereocenters. The molecule has 27 heavy (non-hydrogen) atoms. The molecular weight excluding hydrogens is 345 g/mol. The highest BCUT2D eigenvalue weighted by atomic mass is 19.1. The van der Waals surface area contributed by atoms with Gasteiger partial charge in [-0.15, -0.1) is 0 Å². The molecule has 148 valence electrons. The Morgan fingerprint density at radius 3 is 2.74 bits per heavy atom. The maximum Gasteiger partial charge on any atom is 0.222 e. The van der Waals surface area contributed by atoms with Crippen molar-refractivity contribution in [2.45, 2.75) is 57.5 Å². The van der Waals surface area contributed by atoms with Crippen molar-refractivity contribution in [3.8, 4) is 0 Å². The first kappa shape index (κ1) is 18.7. The van der Waals surface area contributed by atoms with E-state index in [1.54, 1.807) is 6.07 Å². The highest BCUT2D eigenvalue weighted by Crippen LogP contribution is 2.40. The number of aromatic nitrogens is 1. The van der Waals surface area contributed by atoms with Crippen molar-refractivity contribution in [1.82, 2.24) is 9.88 Å². The van der Waals surface area contributed by atoms with E-state index < -0.39 is 6.10 Å². The second-order valence-electron chi connectivity index (χ2n) is 8.70. The van der Waals surface area contributed by atoms with Gasteiger partial charge in [-0.25, -0.2) is 9.37 Å². The van der Waals surface area contributed by atoms with Crippen LogP contribution in [0.2, 0.25) is 0 Å². The number of likely N-dealkylation sites (tertiary alicyclic amines) is 1. The number of nitrogens with zero attached hydrogens (tertiary/aromatic N) is 3. The fraction of sp³-hybridized carbons (Fsp3) is 0.714. The Morgan fingerprint density at radius 2 is 2.00 bits per heavy atom. The summed E-state index contributed by atoms with van der Waals surface area (Å²) in [5.41, 5.74) is -0.308. The number of carbonyl (C=O) groups is 1. The highest BCUT2D eigenvalue weighted by Gasteiger charge is 2.46. The van der Waals surface area contributed by atoms with Gasteiger partial charge in [0.2, 0.25) is 5.91 Å². The zero-order chi connectivity index (χ0) is 18.9. The Bertz CT molecular complexity index is 662. The second kappa shape index (κ2) is 7.74. The lowest BCUT2D eigenvalue weighted by atomic mass is 9.71. The van der Waals surface area contributed by atoms with E-state index in [-0.39, 0.29) is 17.1 Å². The average molecular weight is 375 g/mol. The number of halogens is 1. The fourth-order valence-electron chi connectivity index (χ4n) is 5.26. The lowest BCUT2D eigenvalue weighted by Crippen LogP contribution is -2.60. The van der Waals surface area contributed by atoms with Crippen molar-refractivity contribution in [1.29, 1.82) is 0 Å². The summed E-state index contributed by atoms with van der Waals surface area (Å²) in [5.74, 6) is 1.21. The summed E-state index contributed by atoms with van der Waals surface area (Å²) in [6.45, 7) is 2.80. The monoisotopic (exact) mass is 375 g/mol. The molecule has 4 rings (SSSR count). The van der Waals surface area contributed by atoms with Gasteiger partial charge in [-0.3, -0.25) is 4.79 Å². The molecule has 0 unspecified atom stereocenters. The maximum absolute atomic E-state index is 13.2. The van der Waals surface area contributed by atoms with E-state index >= 15 is 0 Å². The van der Waals surface area contributed by atoms with E-state index in [2.05, 4.69) is 9.88 Å². The van der Waals surface area contributed by atoms with Gasteiger partial charge in [-0.1, -0.05) is 12.8 Å². The first-order valence-corrected chi connectivity index (χ1v) is 10.4. The van der Waals surface area contributed by atoms with Gasteiger partial charge >= 0.3 is 0 Å². The van der Waals surface area contributed by atoms with Crippen molar-refractivity contribution < 1.29 is 14.3 Å². The summed E-state index contributed by atoms with van der Waals surface area (Å²) in [5, 5.41) is 10.8. The number of amides is 1. The van der Waals surface area contributed by atoms with Crippen LogP contribution in [0.1, 0.15) is 51.4 Å². The normalized spacial score (nSPS) is 29.5. The van der Waals surface area contributed by atoms with Crippen LogP contribution in [0.15, 0.2) is 18.3 Å². The molecule has 3 heterocycles. The average Bonchev–Trinajstić information content (AvgIpc) is 3.18. The van der Waals surface area contributed by atoms with E-state index in [1.807, 2.05) is 4.90 Å². The maximum atomic E-state index is 13.2. The molecule has 2 saturated heterocycles. The largest absolute Gasteiger partial charge is 0.392 e. The third-order valence-electron chi connectivity index (χ3n) is 6.82. The summed E-state index contributed by atoms with van der Waals surface area (Å²) in [6, 6.07) is 3.13. The zero-order valence-corrected chi connectivity index (χ0v) is 15.9. The van der Waals surface area contributed by atoms with Crippen molar-refractivity contribution in [2.75, 3.05) is 31.1 Å². The second-order valence-corrected chi connectivity index (χ2v) is 8.70. The number of aliphatic hydroxyl groups is 1. The smallest absolute Gasteiger partial charge is 0.222 e. The van der Waals surface area contributed by atoms with Crippen LogP contribution in [-0.2, 0) is 4.79 Å². The number of carbonyl (C=O) groups excluding carboxylic acids is 1. The highest BCUT2D eigenvalue weighted by molar-refractivity contribution is 5.76. The summed E-state index contributed by atoms with van der Waals surface area (Å²) in [7, 11) is 0. The minimum absolute atomic E-state index is 0.255. The van der Waals surface area contributed by atoms with Crippen LogP contribution in [0.4, 0.5) is 10.2 Å². The van der Waals surface area contributed by atoms with Crippen molar-refractivity contribution in [3.05, 3.63) is 24.1 Å². The molecule has 1 aromatic rings. The lowest BCUT2D eigenvalue weighted by molar-refractivity contribution is -0.138. The Kier molecular flexibility index (Phi) is 5.35. The van der Waals surface area contributed by atoms with Crippen molar-refractivity contribution in [2.24, 2.45) is 11.3 Å². The molecule has 1 aromatic heterocycles. The van der Waals surface area contributed by atoms with Crippen LogP contribution in [0, 0.1) is 17.2 Å². The molecule has 5 nitrogen and oxygen atoms in total. The number of aliphatic hydroxyl groups excluding tert-OH is 1. The fourth-order valence-corrected chi connectivity index (χ4v) is 5.26. The zero-order valence-electron chi connectivity index (χ0n) is 15.9. The lowest BCUT2D eigenvalue weighted by Gasteiger charge is -2.51. The molecule has 0 aromatic carbocycles. The number of rotatable bonds is 3. The Morgan fingerprint density at radius 1 is 1.19 bits per heavy atom. The molecule has 6 heteroatoms. The Labute approximate surface area is 160 Å². The third kappa shape index (κ3) is 3.96. The number of hydrogen-bond donors (Lipinski definition) is 1. The minimum Gasteiger partial charge on any atom is -0.392 e. The van der Waals surface area contributed by atoms with Crippen LogP contribution < -0.4 is 4.90 Å². The molecular formula is C21H30FN3O2. The third-order valence-corrected chi connectivity index (χ3v) is 6.82. The summed E-state index contributed by atoms with van der Waals surface area (Å²) >= 11 is 0. The first-order valence-electron chi connectivity index (χ1n) is 10.4. The van der Waals surface area contributed by atoms with E-state index in [1.165, 1.54) is 37.9 Å². The van der Waals surface area contributed by atoms with Gasteiger partial charge in [0.1, 0.15) is 11.6 Å². The van der Waals surface area contributed by atoms with Crippen molar-refractivity contribution >= 4 is 11.7 Å². The Balaban J connectivity index is 1.46. The van der Waals surface area contributed by atoms with Crippen LogP contribution in [0.25, 0.3) is 0 Å². The molecule has 1 spiro atoms. The molecule has 3 aliphatic rings. The van der Waals surface area contributed by atoms with Crippen LogP contribution in [-0.4, -0.2) is 53.2 Å². The predicted octanol–water partition coefficient (Wildman–Crippen LogP) is 2.98. The number of piperidine rings is 2. The molecule has 1 amide bonds. The van der Waals surface area contributed by atoms with Gasteiger partial charge in [0, 0.05) is 38.0 Å². The summed E-state index contributed by atoms with van der Waals surface area (Å²) in [4.78, 5) is 21.2. The molecule has 3 fully saturated rings. The van der Waals surface area contributed by atoms with Gasteiger partial charge < -0.3 is 14.9 Å². The standard InChI is InChI=1S/C21H30FN3O2/c22-17-6-7-19(23-13-17)24-11-8-18(26)21(14-24)9-3-10-25(15-21)20(27)12-16-4-1-2-5-16/h6-7,13,16,18,26H,1-5,8-12,14-15H2/t18-,21-/m1/s1. The quantitative estimate of drug-likeness (QED) is 0.882. The predicted molar refractivity (Wildman–Crippen MR) is 102 cm³/mol. The molecule has 1 saturated carbocycles.